The fourth-order valence-electron chi connectivity index (χ4n) is 3.72. The Hall–Kier alpha value is -4.86. The van der Waals surface area contributed by atoms with Gasteiger partial charge in [0.15, 0.2) is 5.82 Å². The number of sulfonamides is 1. The van der Waals surface area contributed by atoms with Crippen molar-refractivity contribution in [3.8, 4) is 11.8 Å². The van der Waals surface area contributed by atoms with Crippen LogP contribution in [0.25, 0.3) is 5.69 Å². The molecular formula is C27H24ClN7O4S. The summed E-state index contributed by atoms with van der Waals surface area (Å²) in [6.07, 6.45) is -0.283. The molecule has 1 heterocycles. The zero-order valence-electron chi connectivity index (χ0n) is 21.4. The SMILES string of the molecule is CN(C)c1cccc(NC(=O)Cc2nn(-c3ccccc3)c(NC(=O)NS(=O)(=O)c3ccc(Cl)cc3)c2C#N)c1. The third-order valence-electron chi connectivity index (χ3n) is 5.63. The summed E-state index contributed by atoms with van der Waals surface area (Å²) in [5, 5.41) is 19.9. The number of amides is 3. The van der Waals surface area contributed by atoms with Crippen LogP contribution in [0.15, 0.2) is 83.8 Å². The third kappa shape index (κ3) is 6.58. The van der Waals surface area contributed by atoms with Gasteiger partial charge in [-0.3, -0.25) is 10.1 Å². The second-order valence-corrected chi connectivity index (χ2v) is 10.8. The van der Waals surface area contributed by atoms with E-state index in [1.54, 1.807) is 48.5 Å². The molecule has 0 saturated heterocycles. The second-order valence-electron chi connectivity index (χ2n) is 8.71. The Kier molecular flexibility index (Phi) is 8.37. The normalized spacial score (nSPS) is 10.8. The average Bonchev–Trinajstić information content (AvgIpc) is 3.25. The zero-order chi connectivity index (χ0) is 28.9. The van der Waals surface area contributed by atoms with Crippen LogP contribution in [0.5, 0.6) is 0 Å². The summed E-state index contributed by atoms with van der Waals surface area (Å²) in [6, 6.07) is 21.9. The van der Waals surface area contributed by atoms with Crippen molar-refractivity contribution in [2.45, 2.75) is 11.3 Å². The van der Waals surface area contributed by atoms with Gasteiger partial charge in [-0.25, -0.2) is 22.6 Å². The minimum absolute atomic E-state index is 0.0866. The first kappa shape index (κ1) is 28.2. The van der Waals surface area contributed by atoms with E-state index in [-0.39, 0.29) is 28.4 Å². The van der Waals surface area contributed by atoms with Crippen LogP contribution in [0.3, 0.4) is 0 Å². The molecule has 1 aromatic heterocycles. The van der Waals surface area contributed by atoms with Gasteiger partial charge in [0.05, 0.1) is 22.7 Å². The van der Waals surface area contributed by atoms with Crippen LogP contribution in [-0.4, -0.2) is 44.2 Å². The van der Waals surface area contributed by atoms with Crippen molar-refractivity contribution in [3.63, 3.8) is 0 Å². The zero-order valence-corrected chi connectivity index (χ0v) is 23.0. The monoisotopic (exact) mass is 577 g/mol. The molecule has 0 fully saturated rings. The number of carbonyl (C=O) groups excluding carboxylic acids is 2. The van der Waals surface area contributed by atoms with Gasteiger partial charge in [0.25, 0.3) is 10.0 Å². The summed E-state index contributed by atoms with van der Waals surface area (Å²) in [7, 11) is -0.497. The molecule has 13 heteroatoms. The lowest BCUT2D eigenvalue weighted by molar-refractivity contribution is -0.115. The van der Waals surface area contributed by atoms with E-state index in [1.165, 1.54) is 28.9 Å². The summed E-state index contributed by atoms with van der Waals surface area (Å²) >= 11 is 5.82. The minimum Gasteiger partial charge on any atom is -0.378 e. The van der Waals surface area contributed by atoms with Crippen LogP contribution in [0.4, 0.5) is 22.0 Å². The number of nitrogens with zero attached hydrogens (tertiary/aromatic N) is 4. The lowest BCUT2D eigenvalue weighted by Crippen LogP contribution is -2.35. The fraction of sp³-hybridized carbons (Fsp3) is 0.111. The Morgan fingerprint density at radius 3 is 2.35 bits per heavy atom. The second kappa shape index (κ2) is 11.9. The van der Waals surface area contributed by atoms with Gasteiger partial charge in [0.2, 0.25) is 5.91 Å². The molecule has 0 saturated carbocycles. The molecule has 204 valence electrons. The first-order valence-corrected chi connectivity index (χ1v) is 13.7. The summed E-state index contributed by atoms with van der Waals surface area (Å²) in [6.45, 7) is 0. The largest absolute Gasteiger partial charge is 0.378 e. The third-order valence-corrected chi connectivity index (χ3v) is 7.23. The molecule has 0 aliphatic rings. The Bertz CT molecular complexity index is 1700. The van der Waals surface area contributed by atoms with Crippen LogP contribution < -0.4 is 20.3 Å². The molecule has 4 rings (SSSR count). The first-order chi connectivity index (χ1) is 19.1. The standard InChI is InChI=1S/C27H24ClN7O4S/c1-34(2)21-10-6-7-19(15-21)30-25(36)16-24-23(17-29)26(35(32-24)20-8-4-3-5-9-20)31-27(37)33-40(38,39)22-13-11-18(28)12-14-22/h3-15H,16H2,1-2H3,(H,30,36)(H2,31,33,37). The predicted molar refractivity (Wildman–Crippen MR) is 152 cm³/mol. The van der Waals surface area contributed by atoms with E-state index in [4.69, 9.17) is 11.6 Å². The van der Waals surface area contributed by atoms with E-state index >= 15 is 0 Å². The average molecular weight is 578 g/mol. The number of hydrogen-bond donors (Lipinski definition) is 3. The summed E-state index contributed by atoms with van der Waals surface area (Å²) < 4.78 is 28.5. The molecule has 0 atom stereocenters. The molecule has 0 unspecified atom stereocenters. The van der Waals surface area contributed by atoms with Gasteiger partial charge in [-0.1, -0.05) is 35.9 Å². The van der Waals surface area contributed by atoms with E-state index in [1.807, 2.05) is 35.9 Å². The number of benzene rings is 3. The Labute approximate surface area is 236 Å². The Morgan fingerprint density at radius 1 is 1.00 bits per heavy atom. The van der Waals surface area contributed by atoms with Gasteiger partial charge in [-0.05, 0) is 54.6 Å². The van der Waals surface area contributed by atoms with Gasteiger partial charge in [0, 0.05) is 30.5 Å². The summed E-state index contributed by atoms with van der Waals surface area (Å²) in [4.78, 5) is 27.4. The molecule has 0 aliphatic heterocycles. The highest BCUT2D eigenvalue weighted by Gasteiger charge is 2.25. The quantitative estimate of drug-likeness (QED) is 0.285. The number of anilines is 3. The number of aromatic nitrogens is 2. The van der Waals surface area contributed by atoms with Crippen LogP contribution >= 0.6 is 11.6 Å². The summed E-state index contributed by atoms with van der Waals surface area (Å²) in [5.41, 5.74) is 1.90. The van der Waals surface area contributed by atoms with Crippen LogP contribution in [0, 0.1) is 11.3 Å². The van der Waals surface area contributed by atoms with E-state index in [0.717, 1.165) is 5.69 Å². The number of rotatable bonds is 8. The van der Waals surface area contributed by atoms with Gasteiger partial charge in [0.1, 0.15) is 11.6 Å². The van der Waals surface area contributed by atoms with E-state index in [2.05, 4.69) is 15.7 Å². The number of para-hydroxylation sites is 1. The molecule has 0 bridgehead atoms. The molecule has 0 spiro atoms. The number of hydrogen-bond acceptors (Lipinski definition) is 7. The van der Waals surface area contributed by atoms with Gasteiger partial charge in [-0.2, -0.15) is 10.4 Å². The van der Waals surface area contributed by atoms with E-state index < -0.39 is 22.0 Å². The van der Waals surface area contributed by atoms with Crippen molar-refractivity contribution in [2.24, 2.45) is 0 Å². The Balaban J connectivity index is 1.62. The molecule has 3 N–H and O–H groups in total. The van der Waals surface area contributed by atoms with Crippen molar-refractivity contribution in [3.05, 3.63) is 95.1 Å². The summed E-state index contributed by atoms with van der Waals surface area (Å²) in [5.74, 6) is -0.540. The molecular weight excluding hydrogens is 554 g/mol. The predicted octanol–water partition coefficient (Wildman–Crippen LogP) is 4.15. The number of carbonyl (C=O) groups is 2. The van der Waals surface area contributed by atoms with Crippen molar-refractivity contribution in [1.82, 2.24) is 14.5 Å². The number of nitriles is 1. The van der Waals surface area contributed by atoms with E-state index in [0.29, 0.717) is 16.4 Å². The van der Waals surface area contributed by atoms with Crippen LogP contribution in [0.1, 0.15) is 11.3 Å². The fourth-order valence-corrected chi connectivity index (χ4v) is 4.76. The van der Waals surface area contributed by atoms with Gasteiger partial charge < -0.3 is 10.2 Å². The maximum atomic E-state index is 12.9. The maximum Gasteiger partial charge on any atom is 0.334 e. The van der Waals surface area contributed by atoms with E-state index in [9.17, 15) is 23.3 Å². The highest BCUT2D eigenvalue weighted by molar-refractivity contribution is 7.90. The molecule has 3 aromatic carbocycles. The van der Waals surface area contributed by atoms with Crippen molar-refractivity contribution in [2.75, 3.05) is 29.6 Å². The van der Waals surface area contributed by atoms with Crippen LogP contribution in [-0.2, 0) is 21.2 Å². The van der Waals surface area contributed by atoms with Gasteiger partial charge in [-0.15, -0.1) is 0 Å². The van der Waals surface area contributed by atoms with Crippen molar-refractivity contribution < 1.29 is 18.0 Å². The lowest BCUT2D eigenvalue weighted by atomic mass is 10.2. The molecule has 0 aliphatic carbocycles. The topological polar surface area (TPSA) is 149 Å². The Morgan fingerprint density at radius 2 is 1.70 bits per heavy atom. The van der Waals surface area contributed by atoms with Crippen molar-refractivity contribution in [1.29, 1.82) is 5.26 Å². The first-order valence-electron chi connectivity index (χ1n) is 11.8. The highest BCUT2D eigenvalue weighted by atomic mass is 35.5. The molecule has 40 heavy (non-hydrogen) atoms. The lowest BCUT2D eigenvalue weighted by Gasteiger charge is -2.13. The maximum absolute atomic E-state index is 12.9. The smallest absolute Gasteiger partial charge is 0.334 e. The van der Waals surface area contributed by atoms with Crippen molar-refractivity contribution >= 4 is 50.8 Å². The molecule has 3 amide bonds. The molecule has 0 radical (unpaired) electrons. The number of urea groups is 1. The number of halogens is 1. The highest BCUT2D eigenvalue weighted by Crippen LogP contribution is 2.25. The minimum atomic E-state index is -4.25. The van der Waals surface area contributed by atoms with Crippen LogP contribution in [0.2, 0.25) is 5.02 Å². The van der Waals surface area contributed by atoms with Gasteiger partial charge >= 0.3 is 6.03 Å². The molecule has 11 nitrogen and oxygen atoms in total. The molecule has 4 aromatic rings. The number of nitrogens with one attached hydrogen (secondary N) is 3.